The molecule has 2 aromatic carbocycles. The topological polar surface area (TPSA) is 95.0 Å². The molecule has 0 bridgehead atoms. The second kappa shape index (κ2) is 6.09. The lowest BCUT2D eigenvalue weighted by Crippen LogP contribution is -2.29. The normalized spacial score (nSPS) is 15.8. The Balaban J connectivity index is 1.72. The molecule has 0 aliphatic carbocycles. The molecule has 0 fully saturated rings. The summed E-state index contributed by atoms with van der Waals surface area (Å²) in [6.07, 6.45) is 0.608. The molecule has 1 amide bonds. The number of carbonyl (C=O) groups is 2. The maximum Gasteiger partial charge on any atom is 0.307 e. The first kappa shape index (κ1) is 17.5. The number of anilines is 2. The van der Waals surface area contributed by atoms with Gasteiger partial charge in [-0.15, -0.1) is 0 Å². The van der Waals surface area contributed by atoms with Crippen LogP contribution in [0.3, 0.4) is 0 Å². The van der Waals surface area contributed by atoms with Crippen LogP contribution in [-0.2, 0) is 38.9 Å². The predicted molar refractivity (Wildman–Crippen MR) is 99.6 cm³/mol. The van der Waals surface area contributed by atoms with Crippen LogP contribution in [0.25, 0.3) is 0 Å². The number of amides is 1. The van der Waals surface area contributed by atoms with Crippen LogP contribution in [0.1, 0.15) is 16.7 Å². The summed E-state index contributed by atoms with van der Waals surface area (Å²) in [7, 11) is -2.13. The van der Waals surface area contributed by atoms with Gasteiger partial charge in [0, 0.05) is 19.3 Å². The van der Waals surface area contributed by atoms with Gasteiger partial charge in [0.1, 0.15) is 0 Å². The molecule has 0 unspecified atom stereocenters. The molecule has 0 aromatic heterocycles. The number of carboxylic acids is 1. The smallest absolute Gasteiger partial charge is 0.307 e. The van der Waals surface area contributed by atoms with Crippen molar-refractivity contribution < 1.29 is 23.1 Å². The molecule has 2 heterocycles. The third-order valence-corrected chi connectivity index (χ3v) is 6.88. The lowest BCUT2D eigenvalue weighted by atomic mass is 10.1. The van der Waals surface area contributed by atoms with Gasteiger partial charge >= 0.3 is 5.97 Å². The van der Waals surface area contributed by atoms with Crippen LogP contribution < -0.4 is 9.21 Å². The van der Waals surface area contributed by atoms with Crippen molar-refractivity contribution in [1.82, 2.24) is 0 Å². The fourth-order valence-electron chi connectivity index (χ4n) is 3.66. The van der Waals surface area contributed by atoms with E-state index in [0.717, 1.165) is 11.3 Å². The van der Waals surface area contributed by atoms with E-state index in [4.69, 9.17) is 5.11 Å². The van der Waals surface area contributed by atoms with Gasteiger partial charge in [-0.1, -0.05) is 12.1 Å². The van der Waals surface area contributed by atoms with Crippen molar-refractivity contribution in [2.45, 2.75) is 24.2 Å². The van der Waals surface area contributed by atoms with Gasteiger partial charge in [0.25, 0.3) is 10.0 Å². The largest absolute Gasteiger partial charge is 0.481 e. The molecule has 2 aliphatic rings. The van der Waals surface area contributed by atoms with Crippen LogP contribution in [-0.4, -0.2) is 39.0 Å². The molecular weight excluding hydrogens is 368 g/mol. The van der Waals surface area contributed by atoms with Crippen molar-refractivity contribution in [3.05, 3.63) is 53.1 Å². The number of sulfonamides is 1. The van der Waals surface area contributed by atoms with E-state index in [-0.39, 0.29) is 23.6 Å². The van der Waals surface area contributed by atoms with Crippen LogP contribution in [0.2, 0.25) is 0 Å². The summed E-state index contributed by atoms with van der Waals surface area (Å²) in [5.74, 6) is -1.03. The van der Waals surface area contributed by atoms with Gasteiger partial charge in [-0.25, -0.2) is 8.42 Å². The van der Waals surface area contributed by atoms with E-state index >= 15 is 0 Å². The minimum Gasteiger partial charge on any atom is -0.481 e. The Kier molecular flexibility index (Phi) is 3.96. The fourth-order valence-corrected chi connectivity index (χ4v) is 5.21. The minimum absolute atomic E-state index is 0.0654. The highest BCUT2D eigenvalue weighted by Crippen LogP contribution is 2.36. The van der Waals surface area contributed by atoms with Crippen LogP contribution in [0.15, 0.2) is 41.3 Å². The first-order chi connectivity index (χ1) is 12.8. The maximum absolute atomic E-state index is 13.2. The average molecular weight is 386 g/mol. The summed E-state index contributed by atoms with van der Waals surface area (Å²) in [4.78, 5) is 24.5. The van der Waals surface area contributed by atoms with Crippen LogP contribution in [0.4, 0.5) is 11.4 Å². The number of fused-ring (bicyclic) bond motifs is 2. The van der Waals surface area contributed by atoms with Crippen LogP contribution >= 0.6 is 0 Å². The molecule has 27 heavy (non-hydrogen) atoms. The Morgan fingerprint density at radius 1 is 1.11 bits per heavy atom. The highest BCUT2D eigenvalue weighted by molar-refractivity contribution is 7.92. The van der Waals surface area contributed by atoms with Gasteiger partial charge in [0.15, 0.2) is 0 Å². The summed E-state index contributed by atoms with van der Waals surface area (Å²) >= 11 is 0. The standard InChI is InChI=1S/C19H18N2O5S/c1-20-16-5-4-15(10-14(16)11-18(20)22)27(25,26)21-7-6-13-3-2-12(8-17(13)21)9-19(23)24/h2-5,8,10H,6-7,9,11H2,1H3,(H,23,24). The monoisotopic (exact) mass is 386 g/mol. The molecule has 0 saturated heterocycles. The third kappa shape index (κ3) is 2.86. The zero-order chi connectivity index (χ0) is 19.3. The molecule has 0 atom stereocenters. The zero-order valence-electron chi connectivity index (χ0n) is 14.7. The number of hydrogen-bond donors (Lipinski definition) is 1. The Morgan fingerprint density at radius 2 is 1.89 bits per heavy atom. The summed E-state index contributed by atoms with van der Waals surface area (Å²) in [6, 6.07) is 9.89. The zero-order valence-corrected chi connectivity index (χ0v) is 15.5. The second-order valence-electron chi connectivity index (χ2n) is 6.78. The Bertz CT molecular complexity index is 1080. The molecule has 140 valence electrons. The fraction of sp³-hybridized carbons (Fsp3) is 0.263. The predicted octanol–water partition coefficient (Wildman–Crippen LogP) is 1.58. The van der Waals surface area contributed by atoms with Gasteiger partial charge < -0.3 is 10.0 Å². The number of carboxylic acid groups (broad SMARTS) is 1. The van der Waals surface area contributed by atoms with E-state index in [1.165, 1.54) is 15.3 Å². The van der Waals surface area contributed by atoms with Crippen molar-refractivity contribution in [2.24, 2.45) is 0 Å². The van der Waals surface area contributed by atoms with Gasteiger partial charge in [-0.05, 0) is 47.4 Å². The second-order valence-corrected chi connectivity index (χ2v) is 8.64. The number of carbonyl (C=O) groups excluding carboxylic acids is 1. The van der Waals surface area contributed by atoms with Crippen molar-refractivity contribution >= 4 is 33.3 Å². The molecule has 1 N–H and O–H groups in total. The van der Waals surface area contributed by atoms with Gasteiger partial charge in [-0.3, -0.25) is 13.9 Å². The summed E-state index contributed by atoms with van der Waals surface area (Å²) in [5, 5.41) is 8.99. The molecule has 4 rings (SSSR count). The van der Waals surface area contributed by atoms with E-state index in [2.05, 4.69) is 0 Å². The molecule has 8 heteroatoms. The van der Waals surface area contributed by atoms with Gasteiger partial charge in [-0.2, -0.15) is 0 Å². The lowest BCUT2D eigenvalue weighted by Gasteiger charge is -2.21. The third-order valence-electron chi connectivity index (χ3n) is 5.07. The summed E-state index contributed by atoms with van der Waals surface area (Å²) < 4.78 is 27.7. The first-order valence-electron chi connectivity index (χ1n) is 8.53. The number of hydrogen-bond acceptors (Lipinski definition) is 4. The minimum atomic E-state index is -3.80. The van der Waals surface area contributed by atoms with E-state index < -0.39 is 16.0 Å². The van der Waals surface area contributed by atoms with E-state index in [9.17, 15) is 18.0 Å². The Morgan fingerprint density at radius 3 is 2.63 bits per heavy atom. The van der Waals surface area contributed by atoms with Gasteiger partial charge in [0.2, 0.25) is 5.91 Å². The molecule has 0 spiro atoms. The average Bonchev–Trinajstić information content (AvgIpc) is 3.15. The van der Waals surface area contributed by atoms with E-state index in [0.29, 0.717) is 29.8 Å². The van der Waals surface area contributed by atoms with Crippen molar-refractivity contribution in [3.63, 3.8) is 0 Å². The highest BCUT2D eigenvalue weighted by atomic mass is 32.2. The first-order valence-corrected chi connectivity index (χ1v) is 9.97. The quantitative estimate of drug-likeness (QED) is 0.861. The Hall–Kier alpha value is -2.87. The van der Waals surface area contributed by atoms with Gasteiger partial charge in [0.05, 0.1) is 23.4 Å². The van der Waals surface area contributed by atoms with E-state index in [1.54, 1.807) is 37.4 Å². The molecule has 2 aromatic rings. The summed E-state index contributed by atoms with van der Waals surface area (Å²) in [5.41, 5.74) is 3.39. The lowest BCUT2D eigenvalue weighted by molar-refractivity contribution is -0.136. The summed E-state index contributed by atoms with van der Waals surface area (Å²) in [6.45, 7) is 0.310. The SMILES string of the molecule is CN1C(=O)Cc2cc(S(=O)(=O)N3CCc4ccc(CC(=O)O)cc43)ccc21. The van der Waals surface area contributed by atoms with Crippen molar-refractivity contribution in [2.75, 3.05) is 22.8 Å². The highest BCUT2D eigenvalue weighted by Gasteiger charge is 2.33. The Labute approximate surface area is 156 Å². The van der Waals surface area contributed by atoms with Crippen LogP contribution in [0.5, 0.6) is 0 Å². The molecule has 0 saturated carbocycles. The van der Waals surface area contributed by atoms with Crippen molar-refractivity contribution in [1.29, 1.82) is 0 Å². The molecule has 2 aliphatic heterocycles. The van der Waals surface area contributed by atoms with Crippen molar-refractivity contribution in [3.8, 4) is 0 Å². The molecular formula is C19H18N2O5S. The number of nitrogens with zero attached hydrogens (tertiary/aromatic N) is 2. The number of rotatable bonds is 4. The number of benzene rings is 2. The van der Waals surface area contributed by atoms with Crippen LogP contribution in [0, 0.1) is 0 Å². The maximum atomic E-state index is 13.2. The number of aliphatic carboxylic acids is 1. The number of likely N-dealkylation sites (N-methyl/N-ethyl adjacent to an activating group) is 1. The molecule has 0 radical (unpaired) electrons. The molecule has 7 nitrogen and oxygen atoms in total. The van der Waals surface area contributed by atoms with E-state index in [1.807, 2.05) is 0 Å².